The summed E-state index contributed by atoms with van der Waals surface area (Å²) in [4.78, 5) is 9.06. The minimum atomic E-state index is 0.0504. The van der Waals surface area contributed by atoms with Crippen molar-refractivity contribution in [2.45, 2.75) is 13.0 Å². The van der Waals surface area contributed by atoms with Crippen LogP contribution in [0.15, 0.2) is 54.9 Å². The van der Waals surface area contributed by atoms with Gasteiger partial charge in [0.25, 0.3) is 0 Å². The number of allylic oxidation sites excluding steroid dienone is 1. The van der Waals surface area contributed by atoms with Crippen LogP contribution in [0.3, 0.4) is 0 Å². The monoisotopic (exact) mass is 351 g/mol. The highest BCUT2D eigenvalue weighted by molar-refractivity contribution is 6.30. The summed E-state index contributed by atoms with van der Waals surface area (Å²) >= 11 is 6.05. The van der Waals surface area contributed by atoms with E-state index in [1.807, 2.05) is 49.4 Å². The average Bonchev–Trinajstić information content (AvgIpc) is 2.62. The number of hydrogen-bond acceptors (Lipinski definition) is 5. The van der Waals surface area contributed by atoms with Gasteiger partial charge in [0, 0.05) is 23.0 Å². The van der Waals surface area contributed by atoms with Crippen molar-refractivity contribution in [2.75, 3.05) is 5.32 Å². The predicted octanol–water partition coefficient (Wildman–Crippen LogP) is 4.41. The van der Waals surface area contributed by atoms with Gasteiger partial charge >= 0.3 is 0 Å². The zero-order chi connectivity index (χ0) is 17.8. The van der Waals surface area contributed by atoms with E-state index in [0.717, 1.165) is 22.2 Å². The van der Waals surface area contributed by atoms with Crippen LogP contribution in [0.5, 0.6) is 0 Å². The van der Waals surface area contributed by atoms with E-state index in [1.165, 1.54) is 12.4 Å². The highest BCUT2D eigenvalue weighted by Gasteiger charge is 2.08. The summed E-state index contributed by atoms with van der Waals surface area (Å²) in [5.41, 5.74) is 9.61. The molecular weight excluding hydrogens is 334 g/mol. The lowest BCUT2D eigenvalue weighted by atomic mass is 10.1. The maximum absolute atomic E-state index is 7.38. The van der Waals surface area contributed by atoms with E-state index in [4.69, 9.17) is 22.7 Å². The fraction of sp³-hybridized carbons (Fsp3) is 0.105. The number of nitrogens with two attached hydrogens (primary N) is 1. The van der Waals surface area contributed by atoms with Crippen LogP contribution in [0.25, 0.3) is 16.6 Å². The van der Waals surface area contributed by atoms with Crippen molar-refractivity contribution >= 4 is 40.2 Å². The van der Waals surface area contributed by atoms with Gasteiger partial charge in [0.05, 0.1) is 23.3 Å². The van der Waals surface area contributed by atoms with E-state index in [9.17, 15) is 0 Å². The Morgan fingerprint density at radius 3 is 2.80 bits per heavy atom. The van der Waals surface area contributed by atoms with Gasteiger partial charge in [0.2, 0.25) is 0 Å². The van der Waals surface area contributed by atoms with Crippen LogP contribution in [-0.4, -0.2) is 16.2 Å². The number of benzene rings is 2. The second-order valence-electron chi connectivity index (χ2n) is 5.65. The summed E-state index contributed by atoms with van der Waals surface area (Å²) in [5.74, 6) is 0.689. The molecule has 0 aliphatic heterocycles. The van der Waals surface area contributed by atoms with Gasteiger partial charge in [-0.2, -0.15) is 0 Å². The fourth-order valence-electron chi connectivity index (χ4n) is 2.57. The van der Waals surface area contributed by atoms with Gasteiger partial charge in [-0.15, -0.1) is 0 Å². The molecule has 0 saturated carbocycles. The zero-order valence-corrected chi connectivity index (χ0v) is 14.5. The van der Waals surface area contributed by atoms with Gasteiger partial charge in [0.1, 0.15) is 5.82 Å². The Morgan fingerprint density at radius 2 is 2.08 bits per heavy atom. The number of hydrogen-bond donors (Lipinski definition) is 3. The van der Waals surface area contributed by atoms with E-state index in [0.29, 0.717) is 16.4 Å². The van der Waals surface area contributed by atoms with E-state index in [1.54, 1.807) is 6.20 Å². The third-order valence-electron chi connectivity index (χ3n) is 3.92. The molecule has 6 heteroatoms. The van der Waals surface area contributed by atoms with Gasteiger partial charge < -0.3 is 16.5 Å². The number of aromatic nitrogens is 2. The van der Waals surface area contributed by atoms with Crippen LogP contribution in [0.1, 0.15) is 24.1 Å². The lowest BCUT2D eigenvalue weighted by molar-refractivity contribution is 0.874. The van der Waals surface area contributed by atoms with Crippen molar-refractivity contribution in [1.29, 1.82) is 5.41 Å². The molecule has 3 aromatic rings. The summed E-state index contributed by atoms with van der Waals surface area (Å²) in [5, 5.41) is 11.4. The first-order valence-corrected chi connectivity index (χ1v) is 8.20. The van der Waals surface area contributed by atoms with E-state index < -0.39 is 0 Å². The summed E-state index contributed by atoms with van der Waals surface area (Å²) in [6.45, 7) is 2.04. The molecule has 3 rings (SSSR count). The van der Waals surface area contributed by atoms with E-state index >= 15 is 0 Å². The Morgan fingerprint density at radius 1 is 1.24 bits per heavy atom. The normalized spacial score (nSPS) is 12.8. The quantitative estimate of drug-likeness (QED) is 0.594. The molecule has 0 aliphatic rings. The second-order valence-corrected chi connectivity index (χ2v) is 6.08. The van der Waals surface area contributed by atoms with Crippen LogP contribution in [0.4, 0.5) is 5.82 Å². The predicted molar refractivity (Wildman–Crippen MR) is 104 cm³/mol. The Bertz CT molecular complexity index is 951. The van der Waals surface area contributed by atoms with Crippen LogP contribution in [0.2, 0.25) is 5.02 Å². The van der Waals surface area contributed by atoms with Crippen molar-refractivity contribution in [3.8, 4) is 0 Å². The van der Waals surface area contributed by atoms with Crippen LogP contribution in [0, 0.1) is 5.41 Å². The van der Waals surface area contributed by atoms with Crippen molar-refractivity contribution in [1.82, 2.24) is 9.97 Å². The molecule has 1 aromatic heterocycles. The van der Waals surface area contributed by atoms with E-state index in [-0.39, 0.29) is 6.04 Å². The molecule has 5 nitrogen and oxygen atoms in total. The maximum atomic E-state index is 7.38. The molecule has 126 valence electrons. The molecular formula is C19H18ClN5. The molecule has 0 unspecified atom stereocenters. The largest absolute Gasteiger partial charge is 0.404 e. The number of nitrogens with zero attached hydrogens (tertiary/aromatic N) is 2. The van der Waals surface area contributed by atoms with Crippen molar-refractivity contribution < 1.29 is 0 Å². The highest BCUT2D eigenvalue weighted by Crippen LogP contribution is 2.23. The fourth-order valence-corrected chi connectivity index (χ4v) is 2.77. The molecule has 0 bridgehead atoms. The minimum Gasteiger partial charge on any atom is -0.404 e. The molecule has 1 heterocycles. The molecule has 0 amide bonds. The minimum absolute atomic E-state index is 0.0504. The lowest BCUT2D eigenvalue weighted by Gasteiger charge is -2.15. The summed E-state index contributed by atoms with van der Waals surface area (Å²) in [7, 11) is 0. The summed E-state index contributed by atoms with van der Waals surface area (Å²) < 4.78 is 0. The van der Waals surface area contributed by atoms with Crippen molar-refractivity contribution in [2.24, 2.45) is 5.73 Å². The number of rotatable bonds is 5. The Labute approximate surface area is 151 Å². The average molecular weight is 352 g/mol. The van der Waals surface area contributed by atoms with Crippen LogP contribution < -0.4 is 11.1 Å². The van der Waals surface area contributed by atoms with Crippen molar-refractivity contribution in [3.63, 3.8) is 0 Å². The van der Waals surface area contributed by atoms with Crippen molar-refractivity contribution in [3.05, 3.63) is 71.0 Å². The first kappa shape index (κ1) is 16.9. The Balaban J connectivity index is 1.86. The summed E-state index contributed by atoms with van der Waals surface area (Å²) in [6.07, 6.45) is 4.32. The van der Waals surface area contributed by atoms with Crippen LogP contribution >= 0.6 is 11.6 Å². The van der Waals surface area contributed by atoms with Gasteiger partial charge in [-0.3, -0.25) is 4.98 Å². The molecule has 0 spiro atoms. The van der Waals surface area contributed by atoms with E-state index in [2.05, 4.69) is 15.3 Å². The Hall–Kier alpha value is -2.92. The molecule has 2 aromatic carbocycles. The molecule has 25 heavy (non-hydrogen) atoms. The Kier molecular flexibility index (Phi) is 4.95. The molecule has 0 saturated heterocycles. The molecule has 0 fully saturated rings. The smallest absolute Gasteiger partial charge is 0.145 e. The second kappa shape index (κ2) is 7.32. The van der Waals surface area contributed by atoms with Gasteiger partial charge in [0.15, 0.2) is 0 Å². The topological polar surface area (TPSA) is 87.7 Å². The number of nitrogens with one attached hydrogen (secondary N) is 2. The summed E-state index contributed by atoms with van der Waals surface area (Å²) in [6, 6.07) is 13.4. The third kappa shape index (κ3) is 3.78. The molecule has 0 aliphatic carbocycles. The third-order valence-corrected chi connectivity index (χ3v) is 4.16. The zero-order valence-electron chi connectivity index (χ0n) is 13.7. The molecule has 4 N–H and O–H groups in total. The van der Waals surface area contributed by atoms with Gasteiger partial charge in [-0.25, -0.2) is 4.98 Å². The number of anilines is 1. The highest BCUT2D eigenvalue weighted by atomic mass is 35.5. The first-order valence-electron chi connectivity index (χ1n) is 7.82. The number of halogens is 1. The molecule has 0 radical (unpaired) electrons. The maximum Gasteiger partial charge on any atom is 0.145 e. The SMILES string of the molecule is C[C@@H](Nc1cnc2cc(/C(C=N)=C/N)ccc2n1)c1cccc(Cl)c1. The van der Waals surface area contributed by atoms with Crippen LogP contribution in [-0.2, 0) is 0 Å². The number of fused-ring (bicyclic) bond motifs is 1. The standard InChI is InChI=1S/C19H18ClN5/c1-12(13-3-2-4-16(20)7-13)24-19-11-23-18-8-14(15(9-21)10-22)5-6-17(18)25-19/h2-12,21H,22H2,1H3,(H,24,25)/b15-10+,21-9?/t12-/m1/s1. The first-order chi connectivity index (χ1) is 12.1. The molecule has 1 atom stereocenters. The van der Waals surface area contributed by atoms with Gasteiger partial charge in [-0.1, -0.05) is 29.8 Å². The lowest BCUT2D eigenvalue weighted by Crippen LogP contribution is -2.08. The van der Waals surface area contributed by atoms with Gasteiger partial charge in [-0.05, 0) is 42.3 Å².